The number of hydrogen-bond donors (Lipinski definition) is 0. The number of hydrogen-bond acceptors (Lipinski definition) is 4. The van der Waals surface area contributed by atoms with Crippen LogP contribution in [0.5, 0.6) is 11.5 Å². The lowest BCUT2D eigenvalue weighted by atomic mass is 10.1. The maximum absolute atomic E-state index is 12.5. The average molecular weight is 370 g/mol. The van der Waals surface area contributed by atoms with Crippen LogP contribution in [0.3, 0.4) is 0 Å². The van der Waals surface area contributed by atoms with E-state index < -0.39 is 0 Å². The maximum Gasteiger partial charge on any atom is 0.252 e. The van der Waals surface area contributed by atoms with E-state index in [-0.39, 0.29) is 12.3 Å². The molecule has 0 radical (unpaired) electrons. The zero-order chi connectivity index (χ0) is 18.8. The number of aryl methyl sites for hydroxylation is 3. The Hall–Kier alpha value is -2.60. The second kappa shape index (κ2) is 7.33. The van der Waals surface area contributed by atoms with Gasteiger partial charge in [0.1, 0.15) is 11.5 Å². The van der Waals surface area contributed by atoms with Gasteiger partial charge < -0.3 is 14.0 Å². The van der Waals surface area contributed by atoms with E-state index in [0.29, 0.717) is 16.3 Å². The van der Waals surface area contributed by atoms with E-state index in [4.69, 9.17) is 9.47 Å². The predicted molar refractivity (Wildman–Crippen MR) is 104 cm³/mol. The van der Waals surface area contributed by atoms with Gasteiger partial charge in [-0.3, -0.25) is 4.79 Å². The monoisotopic (exact) mass is 370 g/mol. The Bertz CT molecular complexity index is 1050. The number of fused-ring (bicyclic) bond motifs is 1. The van der Waals surface area contributed by atoms with Crippen molar-refractivity contribution in [2.24, 2.45) is 12.0 Å². The van der Waals surface area contributed by atoms with Gasteiger partial charge in [-0.15, -0.1) is 0 Å². The minimum atomic E-state index is -0.204. The van der Waals surface area contributed by atoms with Crippen LogP contribution in [0.25, 0.3) is 10.2 Å². The van der Waals surface area contributed by atoms with E-state index >= 15 is 0 Å². The number of carbonyl (C=O) groups is 1. The molecule has 3 rings (SSSR count). The van der Waals surface area contributed by atoms with Crippen LogP contribution in [0.1, 0.15) is 16.7 Å². The molecule has 0 spiro atoms. The molecule has 5 nitrogen and oxygen atoms in total. The van der Waals surface area contributed by atoms with Gasteiger partial charge in [0.05, 0.1) is 30.9 Å². The number of methoxy groups -OCH3 is 2. The Morgan fingerprint density at radius 2 is 1.92 bits per heavy atom. The Labute approximate surface area is 156 Å². The van der Waals surface area contributed by atoms with Crippen molar-refractivity contribution in [1.82, 2.24) is 4.57 Å². The maximum atomic E-state index is 12.5. The quantitative estimate of drug-likeness (QED) is 0.706. The summed E-state index contributed by atoms with van der Waals surface area (Å²) in [5.41, 5.74) is 4.36. The fourth-order valence-corrected chi connectivity index (χ4v) is 4.04. The molecule has 0 saturated carbocycles. The smallest absolute Gasteiger partial charge is 0.252 e. The highest BCUT2D eigenvalue weighted by atomic mass is 32.1. The van der Waals surface area contributed by atoms with E-state index in [9.17, 15) is 4.79 Å². The standard InChI is InChI=1S/C20H22N2O3S/c1-12-6-9-17-19(13(12)2)22(3)20(26-17)21-18(23)10-14-7-8-15(24-4)11-16(14)25-5/h6-9,11H,10H2,1-5H3. The van der Waals surface area contributed by atoms with E-state index in [2.05, 4.69) is 31.0 Å². The van der Waals surface area contributed by atoms with E-state index in [1.807, 2.05) is 23.7 Å². The SMILES string of the molecule is COc1ccc(CC(=O)N=c2sc3ccc(C)c(C)c3n2C)c(OC)c1. The zero-order valence-electron chi connectivity index (χ0n) is 15.6. The molecule has 136 valence electrons. The van der Waals surface area contributed by atoms with Crippen LogP contribution in [0, 0.1) is 13.8 Å². The fourth-order valence-electron chi connectivity index (χ4n) is 2.94. The topological polar surface area (TPSA) is 52.8 Å². The second-order valence-electron chi connectivity index (χ2n) is 6.16. The highest BCUT2D eigenvalue weighted by molar-refractivity contribution is 7.16. The van der Waals surface area contributed by atoms with Gasteiger partial charge in [0.25, 0.3) is 5.91 Å². The first kappa shape index (κ1) is 18.2. The van der Waals surface area contributed by atoms with Gasteiger partial charge >= 0.3 is 0 Å². The summed E-state index contributed by atoms with van der Waals surface area (Å²) in [4.78, 5) is 17.6. The van der Waals surface area contributed by atoms with Crippen molar-refractivity contribution in [3.05, 3.63) is 51.8 Å². The van der Waals surface area contributed by atoms with Crippen molar-refractivity contribution in [2.75, 3.05) is 14.2 Å². The third kappa shape index (κ3) is 3.37. The third-order valence-electron chi connectivity index (χ3n) is 4.54. The number of benzene rings is 2. The first-order valence-corrected chi connectivity index (χ1v) is 9.10. The molecule has 0 atom stereocenters. The number of amides is 1. The number of rotatable bonds is 4. The summed E-state index contributed by atoms with van der Waals surface area (Å²) >= 11 is 1.53. The fraction of sp³-hybridized carbons (Fsp3) is 0.300. The first-order chi connectivity index (χ1) is 12.4. The van der Waals surface area contributed by atoms with Crippen molar-refractivity contribution < 1.29 is 14.3 Å². The summed E-state index contributed by atoms with van der Waals surface area (Å²) in [5, 5.41) is 0. The molecular weight excluding hydrogens is 348 g/mol. The first-order valence-electron chi connectivity index (χ1n) is 8.28. The molecule has 26 heavy (non-hydrogen) atoms. The van der Waals surface area contributed by atoms with Gasteiger partial charge in [-0.25, -0.2) is 0 Å². The lowest BCUT2D eigenvalue weighted by molar-refractivity contribution is -0.117. The highest BCUT2D eigenvalue weighted by Crippen LogP contribution is 2.25. The summed E-state index contributed by atoms with van der Waals surface area (Å²) in [6.45, 7) is 4.18. The lowest BCUT2D eigenvalue weighted by Crippen LogP contribution is -2.14. The number of thiazole rings is 1. The van der Waals surface area contributed by atoms with Crippen LogP contribution in [0.2, 0.25) is 0 Å². The van der Waals surface area contributed by atoms with Crippen molar-refractivity contribution in [2.45, 2.75) is 20.3 Å². The summed E-state index contributed by atoms with van der Waals surface area (Å²) in [6.07, 6.45) is 0.180. The number of aromatic nitrogens is 1. The molecule has 1 amide bonds. The summed E-state index contributed by atoms with van der Waals surface area (Å²) < 4.78 is 13.7. The Morgan fingerprint density at radius 3 is 2.62 bits per heavy atom. The van der Waals surface area contributed by atoms with Gasteiger partial charge in [0.15, 0.2) is 4.80 Å². The van der Waals surface area contributed by atoms with E-state index in [1.54, 1.807) is 20.3 Å². The molecule has 1 aromatic heterocycles. The van der Waals surface area contributed by atoms with Gasteiger partial charge in [-0.05, 0) is 37.1 Å². The van der Waals surface area contributed by atoms with Crippen LogP contribution in [0.4, 0.5) is 0 Å². The molecule has 3 aromatic rings. The minimum absolute atomic E-state index is 0.180. The lowest BCUT2D eigenvalue weighted by Gasteiger charge is -2.08. The van der Waals surface area contributed by atoms with Gasteiger partial charge in [0, 0.05) is 18.7 Å². The Morgan fingerprint density at radius 1 is 1.15 bits per heavy atom. The number of ether oxygens (including phenoxy) is 2. The highest BCUT2D eigenvalue weighted by Gasteiger charge is 2.12. The minimum Gasteiger partial charge on any atom is -0.497 e. The molecule has 0 aliphatic heterocycles. The Balaban J connectivity index is 1.96. The molecule has 0 fully saturated rings. The largest absolute Gasteiger partial charge is 0.497 e. The van der Waals surface area contributed by atoms with E-state index in [0.717, 1.165) is 15.8 Å². The van der Waals surface area contributed by atoms with Gasteiger partial charge in [-0.2, -0.15) is 4.99 Å². The van der Waals surface area contributed by atoms with Crippen LogP contribution >= 0.6 is 11.3 Å². The molecule has 0 aliphatic carbocycles. The summed E-state index contributed by atoms with van der Waals surface area (Å²) in [6, 6.07) is 9.61. The molecule has 0 bridgehead atoms. The van der Waals surface area contributed by atoms with Gasteiger partial charge in [-0.1, -0.05) is 23.5 Å². The molecule has 6 heteroatoms. The molecule has 0 unspecified atom stereocenters. The average Bonchev–Trinajstić information content (AvgIpc) is 2.94. The molecular formula is C20H22N2O3S. The number of nitrogens with zero attached hydrogens (tertiary/aromatic N) is 2. The molecule has 0 saturated heterocycles. The molecule has 0 aliphatic rings. The normalized spacial score (nSPS) is 11.8. The molecule has 2 aromatic carbocycles. The van der Waals surface area contributed by atoms with Crippen LogP contribution in [0.15, 0.2) is 35.3 Å². The summed E-state index contributed by atoms with van der Waals surface area (Å²) in [7, 11) is 5.13. The van der Waals surface area contributed by atoms with Crippen molar-refractivity contribution in [3.63, 3.8) is 0 Å². The van der Waals surface area contributed by atoms with Crippen LogP contribution in [-0.2, 0) is 18.3 Å². The van der Waals surface area contributed by atoms with E-state index in [1.165, 1.54) is 22.5 Å². The predicted octanol–water partition coefficient (Wildman–Crippen LogP) is 3.54. The molecule has 1 heterocycles. The zero-order valence-corrected chi connectivity index (χ0v) is 16.4. The van der Waals surface area contributed by atoms with Crippen molar-refractivity contribution >= 4 is 27.5 Å². The second-order valence-corrected chi connectivity index (χ2v) is 7.17. The van der Waals surface area contributed by atoms with Crippen molar-refractivity contribution in [3.8, 4) is 11.5 Å². The van der Waals surface area contributed by atoms with Gasteiger partial charge in [0.2, 0.25) is 0 Å². The Kier molecular flexibility index (Phi) is 5.13. The third-order valence-corrected chi connectivity index (χ3v) is 5.64. The number of carbonyl (C=O) groups excluding carboxylic acids is 1. The van der Waals surface area contributed by atoms with Crippen molar-refractivity contribution in [1.29, 1.82) is 0 Å². The van der Waals surface area contributed by atoms with Crippen LogP contribution < -0.4 is 14.3 Å². The summed E-state index contributed by atoms with van der Waals surface area (Å²) in [5.74, 6) is 1.11. The molecule has 0 N–H and O–H groups in total. The van der Waals surface area contributed by atoms with Crippen LogP contribution in [-0.4, -0.2) is 24.7 Å².